The van der Waals surface area contributed by atoms with Crippen molar-refractivity contribution >= 4 is 28.9 Å². The predicted octanol–water partition coefficient (Wildman–Crippen LogP) is 3.58. The van der Waals surface area contributed by atoms with Crippen LogP contribution in [0.25, 0.3) is 11.0 Å². The molecule has 0 amide bonds. The number of fused-ring (bicyclic) bond motifs is 1. The second-order valence-electron chi connectivity index (χ2n) is 6.10. The normalized spacial score (nSPS) is 12.5. The van der Waals surface area contributed by atoms with Crippen molar-refractivity contribution in [3.05, 3.63) is 38.7 Å². The Hall–Kier alpha value is -1.89. The Morgan fingerprint density at radius 2 is 1.96 bits per heavy atom. The number of carbonyl (C=O) groups excluding carboxylic acids is 1. The molecule has 6 nitrogen and oxygen atoms in total. The van der Waals surface area contributed by atoms with Gasteiger partial charge in [0.2, 0.25) is 0 Å². The van der Waals surface area contributed by atoms with E-state index in [0.717, 1.165) is 30.6 Å². The van der Waals surface area contributed by atoms with Crippen LogP contribution in [-0.4, -0.2) is 43.7 Å². The number of hydrogen-bond acceptors (Lipinski definition) is 6. The zero-order valence-electron chi connectivity index (χ0n) is 16.2. The van der Waals surface area contributed by atoms with E-state index in [-0.39, 0.29) is 16.4 Å². The van der Waals surface area contributed by atoms with E-state index in [0.29, 0.717) is 24.9 Å². The largest absolute Gasteiger partial charge is 0.456 e. The van der Waals surface area contributed by atoms with E-state index >= 15 is 0 Å². The van der Waals surface area contributed by atoms with Crippen LogP contribution in [0, 0.1) is 6.92 Å². The van der Waals surface area contributed by atoms with Crippen LogP contribution in [0.3, 0.4) is 0 Å². The Morgan fingerprint density at radius 3 is 2.56 bits per heavy atom. The predicted molar refractivity (Wildman–Crippen MR) is 106 cm³/mol. The fourth-order valence-electron chi connectivity index (χ4n) is 2.98. The lowest BCUT2D eigenvalue weighted by molar-refractivity contribution is -0.136. The van der Waals surface area contributed by atoms with E-state index in [9.17, 15) is 9.59 Å². The molecule has 0 radical (unpaired) electrons. The molecule has 7 heteroatoms. The fourth-order valence-corrected chi connectivity index (χ4v) is 3.23. The standard InChI is InChI=1S/C20H26ClNO5/c1-5-22(6-2)11-10-15-13(4)14-8-9-16(26-17(12-23)25-7-3)18(21)19(14)27-20(15)24/h8-9,12,17H,5-7,10-11H2,1-4H3. The quantitative estimate of drug-likeness (QED) is 0.348. The smallest absolute Gasteiger partial charge is 0.339 e. The number of benzene rings is 1. The lowest BCUT2D eigenvalue weighted by Gasteiger charge is -2.18. The maximum absolute atomic E-state index is 12.5. The third-order valence-electron chi connectivity index (χ3n) is 4.62. The van der Waals surface area contributed by atoms with Crippen molar-refractivity contribution in [1.29, 1.82) is 0 Å². The zero-order chi connectivity index (χ0) is 20.0. The number of ether oxygens (including phenoxy) is 2. The van der Waals surface area contributed by atoms with Gasteiger partial charge in [0, 0.05) is 24.1 Å². The Bertz CT molecular complexity index is 844. The van der Waals surface area contributed by atoms with Gasteiger partial charge < -0.3 is 18.8 Å². The molecule has 0 aliphatic carbocycles. The second-order valence-corrected chi connectivity index (χ2v) is 6.48. The van der Waals surface area contributed by atoms with Crippen LogP contribution in [0.5, 0.6) is 5.75 Å². The first-order valence-corrected chi connectivity index (χ1v) is 9.55. The van der Waals surface area contributed by atoms with Gasteiger partial charge >= 0.3 is 5.63 Å². The van der Waals surface area contributed by atoms with Crippen LogP contribution in [0.2, 0.25) is 5.02 Å². The molecule has 148 valence electrons. The molecular weight excluding hydrogens is 370 g/mol. The highest BCUT2D eigenvalue weighted by molar-refractivity contribution is 6.36. The molecule has 0 fully saturated rings. The molecule has 1 aromatic carbocycles. The number of rotatable bonds is 10. The summed E-state index contributed by atoms with van der Waals surface area (Å²) in [6, 6.07) is 3.44. The van der Waals surface area contributed by atoms with Crippen LogP contribution in [-0.2, 0) is 16.0 Å². The Morgan fingerprint density at radius 1 is 1.26 bits per heavy atom. The number of halogens is 1. The van der Waals surface area contributed by atoms with Crippen molar-refractivity contribution in [2.45, 2.75) is 40.4 Å². The van der Waals surface area contributed by atoms with Crippen LogP contribution in [0.15, 0.2) is 21.3 Å². The van der Waals surface area contributed by atoms with Gasteiger partial charge in [0.1, 0.15) is 10.8 Å². The summed E-state index contributed by atoms with van der Waals surface area (Å²) in [5.41, 5.74) is 1.35. The van der Waals surface area contributed by atoms with E-state index in [2.05, 4.69) is 18.7 Å². The number of likely N-dealkylation sites (N-methyl/N-ethyl adjacent to an activating group) is 1. The molecule has 0 bridgehead atoms. The molecule has 1 aromatic heterocycles. The van der Waals surface area contributed by atoms with E-state index in [1.165, 1.54) is 0 Å². The van der Waals surface area contributed by atoms with Gasteiger partial charge in [0.05, 0.1) is 0 Å². The van der Waals surface area contributed by atoms with Crippen molar-refractivity contribution in [1.82, 2.24) is 4.90 Å². The molecule has 1 heterocycles. The molecule has 27 heavy (non-hydrogen) atoms. The number of aldehydes is 1. The Labute approximate surface area is 164 Å². The molecule has 1 atom stereocenters. The van der Waals surface area contributed by atoms with Gasteiger partial charge in [-0.3, -0.25) is 4.79 Å². The van der Waals surface area contributed by atoms with Gasteiger partial charge in [-0.25, -0.2) is 4.79 Å². The average molecular weight is 396 g/mol. The number of carbonyl (C=O) groups is 1. The summed E-state index contributed by atoms with van der Waals surface area (Å²) in [7, 11) is 0. The molecule has 0 aliphatic rings. The first-order valence-electron chi connectivity index (χ1n) is 9.17. The van der Waals surface area contributed by atoms with Crippen LogP contribution in [0.1, 0.15) is 31.9 Å². The van der Waals surface area contributed by atoms with Gasteiger partial charge in [0.15, 0.2) is 11.9 Å². The number of hydrogen-bond donors (Lipinski definition) is 0. The second kappa shape index (κ2) is 9.88. The highest BCUT2D eigenvalue weighted by Gasteiger charge is 2.19. The summed E-state index contributed by atoms with van der Waals surface area (Å²) in [6.45, 7) is 10.8. The molecule has 0 N–H and O–H groups in total. The number of nitrogens with zero attached hydrogens (tertiary/aromatic N) is 1. The van der Waals surface area contributed by atoms with Crippen LogP contribution >= 0.6 is 11.6 Å². The summed E-state index contributed by atoms with van der Waals surface area (Å²) in [4.78, 5) is 25.8. The third kappa shape index (κ3) is 4.89. The summed E-state index contributed by atoms with van der Waals surface area (Å²) in [5, 5.41) is 0.898. The summed E-state index contributed by atoms with van der Waals surface area (Å²) < 4.78 is 16.1. The third-order valence-corrected chi connectivity index (χ3v) is 4.98. The van der Waals surface area contributed by atoms with E-state index in [4.69, 9.17) is 25.5 Å². The van der Waals surface area contributed by atoms with Crippen molar-refractivity contribution < 1.29 is 18.7 Å². The van der Waals surface area contributed by atoms with Gasteiger partial charge in [-0.2, -0.15) is 0 Å². The van der Waals surface area contributed by atoms with Crippen molar-refractivity contribution in [3.8, 4) is 5.75 Å². The number of aryl methyl sites for hydroxylation is 1. The fraction of sp³-hybridized carbons (Fsp3) is 0.500. The molecule has 1 unspecified atom stereocenters. The average Bonchev–Trinajstić information content (AvgIpc) is 2.66. The maximum atomic E-state index is 12.5. The van der Waals surface area contributed by atoms with Crippen molar-refractivity contribution in [2.24, 2.45) is 0 Å². The topological polar surface area (TPSA) is 69.0 Å². The molecule has 0 spiro atoms. The van der Waals surface area contributed by atoms with Gasteiger partial charge in [-0.15, -0.1) is 0 Å². The van der Waals surface area contributed by atoms with E-state index in [1.54, 1.807) is 19.1 Å². The SMILES string of the molecule is CCOC(C=O)Oc1ccc2c(C)c(CCN(CC)CC)c(=O)oc2c1Cl. The summed E-state index contributed by atoms with van der Waals surface area (Å²) in [6.07, 6.45) is 0.0900. The van der Waals surface area contributed by atoms with Gasteiger partial charge in [-0.1, -0.05) is 25.4 Å². The van der Waals surface area contributed by atoms with Crippen LogP contribution in [0.4, 0.5) is 0 Å². The van der Waals surface area contributed by atoms with Crippen LogP contribution < -0.4 is 10.4 Å². The molecule has 0 saturated heterocycles. The minimum absolute atomic E-state index is 0.148. The lowest BCUT2D eigenvalue weighted by Crippen LogP contribution is -2.27. The molecular formula is C20H26ClNO5. The summed E-state index contributed by atoms with van der Waals surface area (Å²) >= 11 is 6.37. The highest BCUT2D eigenvalue weighted by atomic mass is 35.5. The Kier molecular flexibility index (Phi) is 7.83. The highest BCUT2D eigenvalue weighted by Crippen LogP contribution is 2.34. The first-order chi connectivity index (χ1) is 13.0. The minimum atomic E-state index is -1.06. The van der Waals surface area contributed by atoms with E-state index < -0.39 is 11.9 Å². The molecule has 0 aliphatic heterocycles. The maximum Gasteiger partial charge on any atom is 0.339 e. The van der Waals surface area contributed by atoms with Gasteiger partial charge in [0.25, 0.3) is 6.29 Å². The molecule has 2 aromatic rings. The molecule has 0 saturated carbocycles. The van der Waals surface area contributed by atoms with Gasteiger partial charge in [-0.05, 0) is 51.1 Å². The van der Waals surface area contributed by atoms with E-state index in [1.807, 2.05) is 6.92 Å². The monoisotopic (exact) mass is 395 g/mol. The lowest BCUT2D eigenvalue weighted by atomic mass is 10.0. The first kappa shape index (κ1) is 21.4. The summed E-state index contributed by atoms with van der Waals surface area (Å²) in [5.74, 6) is 0.230. The molecule has 2 rings (SSSR count). The zero-order valence-corrected chi connectivity index (χ0v) is 17.0. The van der Waals surface area contributed by atoms with Crippen molar-refractivity contribution in [2.75, 3.05) is 26.2 Å². The Balaban J connectivity index is 2.40. The minimum Gasteiger partial charge on any atom is -0.456 e. The van der Waals surface area contributed by atoms with Crippen molar-refractivity contribution in [3.63, 3.8) is 0 Å².